The molecule has 7 nitrogen and oxygen atoms in total. The Bertz CT molecular complexity index is 1200. The molecule has 1 amide bonds. The van der Waals surface area contributed by atoms with Crippen LogP contribution in [0.25, 0.3) is 0 Å². The zero-order valence-corrected chi connectivity index (χ0v) is 15.8. The molecule has 0 fully saturated rings. The Morgan fingerprint density at radius 2 is 1.83 bits per heavy atom. The van der Waals surface area contributed by atoms with Crippen molar-refractivity contribution in [2.45, 2.75) is 12.3 Å². The molecule has 1 N–H and O–H groups in total. The third-order valence-corrected chi connectivity index (χ3v) is 4.89. The van der Waals surface area contributed by atoms with Crippen LogP contribution in [0.3, 0.4) is 0 Å². The van der Waals surface area contributed by atoms with Crippen molar-refractivity contribution in [3.63, 3.8) is 0 Å². The number of nitrogens with zero attached hydrogens (tertiary/aromatic N) is 3. The van der Waals surface area contributed by atoms with Crippen molar-refractivity contribution in [1.29, 1.82) is 5.26 Å². The molecule has 1 atom stereocenters. The summed E-state index contributed by atoms with van der Waals surface area (Å²) >= 11 is 0. The number of benzene rings is 3. The van der Waals surface area contributed by atoms with Gasteiger partial charge in [-0.05, 0) is 29.3 Å². The van der Waals surface area contributed by atoms with Crippen molar-refractivity contribution >= 4 is 28.7 Å². The predicted octanol–water partition coefficient (Wildman–Crippen LogP) is 4.52. The van der Waals surface area contributed by atoms with Crippen molar-refractivity contribution in [2.24, 2.45) is 4.99 Å². The standard InChI is InChI=1S/C23H16N4O3/c24-13-12-15-6-8-17(9-7-15)25-22(16-4-2-1-3-5-16)21-19-14-18(27(29)30)10-11-20(19)26-23(21)28/h1-11,14,21H,12H2,(H,26,28). The van der Waals surface area contributed by atoms with Crippen LogP contribution in [0.1, 0.15) is 22.6 Å². The van der Waals surface area contributed by atoms with E-state index in [0.717, 1.165) is 11.1 Å². The van der Waals surface area contributed by atoms with Gasteiger partial charge in [0.1, 0.15) is 5.92 Å². The number of nitro benzene ring substituents is 1. The predicted molar refractivity (Wildman–Crippen MR) is 113 cm³/mol. The summed E-state index contributed by atoms with van der Waals surface area (Å²) in [6.45, 7) is 0. The summed E-state index contributed by atoms with van der Waals surface area (Å²) in [4.78, 5) is 28.4. The van der Waals surface area contributed by atoms with Crippen LogP contribution < -0.4 is 5.32 Å². The van der Waals surface area contributed by atoms with Gasteiger partial charge in [0.2, 0.25) is 5.91 Å². The van der Waals surface area contributed by atoms with Crippen molar-refractivity contribution in [3.8, 4) is 6.07 Å². The normalized spacial score (nSPS) is 15.2. The van der Waals surface area contributed by atoms with Gasteiger partial charge in [0, 0.05) is 23.4 Å². The van der Waals surface area contributed by atoms with Gasteiger partial charge in [0.15, 0.2) is 0 Å². The SMILES string of the molecule is N#CCc1ccc(N=C(c2ccccc2)C2C(=O)Nc3ccc([N+](=O)[O-])cc32)cc1. The first-order valence-electron chi connectivity index (χ1n) is 9.26. The molecule has 1 aliphatic rings. The molecular formula is C23H16N4O3. The minimum absolute atomic E-state index is 0.0801. The lowest BCUT2D eigenvalue weighted by Crippen LogP contribution is -2.22. The van der Waals surface area contributed by atoms with Gasteiger partial charge in [0.25, 0.3) is 5.69 Å². The van der Waals surface area contributed by atoms with E-state index in [4.69, 9.17) is 10.3 Å². The number of nitriles is 1. The molecular weight excluding hydrogens is 380 g/mol. The number of nitrogens with one attached hydrogen (secondary N) is 1. The fourth-order valence-electron chi connectivity index (χ4n) is 3.46. The van der Waals surface area contributed by atoms with Gasteiger partial charge >= 0.3 is 0 Å². The molecule has 1 heterocycles. The van der Waals surface area contributed by atoms with Gasteiger partial charge in [-0.15, -0.1) is 0 Å². The number of nitro groups is 1. The zero-order chi connectivity index (χ0) is 21.1. The number of aliphatic imine (C=N–C) groups is 1. The van der Waals surface area contributed by atoms with Crippen LogP contribution in [0, 0.1) is 21.4 Å². The zero-order valence-electron chi connectivity index (χ0n) is 15.8. The van der Waals surface area contributed by atoms with E-state index in [1.165, 1.54) is 12.1 Å². The molecule has 4 rings (SSSR count). The third kappa shape index (κ3) is 3.66. The van der Waals surface area contributed by atoms with Gasteiger partial charge in [0.05, 0.1) is 28.8 Å². The maximum atomic E-state index is 12.9. The van der Waals surface area contributed by atoms with E-state index >= 15 is 0 Å². The Balaban J connectivity index is 1.84. The monoisotopic (exact) mass is 396 g/mol. The second-order valence-corrected chi connectivity index (χ2v) is 6.82. The molecule has 0 spiro atoms. The molecule has 7 heteroatoms. The maximum absolute atomic E-state index is 12.9. The van der Waals surface area contributed by atoms with E-state index in [1.807, 2.05) is 42.5 Å². The second-order valence-electron chi connectivity index (χ2n) is 6.82. The molecule has 30 heavy (non-hydrogen) atoms. The molecule has 0 saturated heterocycles. The fraction of sp³-hybridized carbons (Fsp3) is 0.0870. The first-order chi connectivity index (χ1) is 14.6. The Morgan fingerprint density at radius 1 is 1.10 bits per heavy atom. The number of hydrogen-bond donors (Lipinski definition) is 1. The average Bonchev–Trinajstić information content (AvgIpc) is 3.09. The van der Waals surface area contributed by atoms with Crippen LogP contribution in [0.4, 0.5) is 17.1 Å². The maximum Gasteiger partial charge on any atom is 0.269 e. The van der Waals surface area contributed by atoms with Gasteiger partial charge < -0.3 is 5.32 Å². The Labute approximate surface area is 172 Å². The second kappa shape index (κ2) is 7.97. The highest BCUT2D eigenvalue weighted by atomic mass is 16.6. The van der Waals surface area contributed by atoms with Gasteiger partial charge in [-0.2, -0.15) is 5.26 Å². The Morgan fingerprint density at radius 3 is 2.50 bits per heavy atom. The number of carbonyl (C=O) groups is 1. The summed E-state index contributed by atoms with van der Waals surface area (Å²) in [5.41, 5.74) is 3.74. The first kappa shape index (κ1) is 19.0. The van der Waals surface area contributed by atoms with E-state index in [9.17, 15) is 14.9 Å². The van der Waals surface area contributed by atoms with Crippen LogP contribution in [-0.2, 0) is 11.2 Å². The summed E-state index contributed by atoms with van der Waals surface area (Å²) in [7, 11) is 0. The number of non-ortho nitro benzene ring substituents is 1. The number of fused-ring (bicyclic) bond motifs is 1. The van der Waals surface area contributed by atoms with Crippen LogP contribution in [0.2, 0.25) is 0 Å². The molecule has 0 radical (unpaired) electrons. The lowest BCUT2D eigenvalue weighted by atomic mass is 9.90. The first-order valence-corrected chi connectivity index (χ1v) is 9.26. The molecule has 146 valence electrons. The van der Waals surface area contributed by atoms with E-state index in [2.05, 4.69) is 11.4 Å². The lowest BCUT2D eigenvalue weighted by Gasteiger charge is -2.14. The van der Waals surface area contributed by atoms with Crippen molar-refractivity contribution in [1.82, 2.24) is 0 Å². The lowest BCUT2D eigenvalue weighted by molar-refractivity contribution is -0.384. The molecule has 1 unspecified atom stereocenters. The largest absolute Gasteiger partial charge is 0.325 e. The molecule has 0 bridgehead atoms. The number of rotatable bonds is 5. The number of anilines is 1. The fourth-order valence-corrected chi connectivity index (χ4v) is 3.46. The molecule has 0 saturated carbocycles. The van der Waals surface area contributed by atoms with E-state index in [-0.39, 0.29) is 11.6 Å². The van der Waals surface area contributed by atoms with Crippen molar-refractivity contribution in [2.75, 3.05) is 5.32 Å². The topological polar surface area (TPSA) is 108 Å². The van der Waals surface area contributed by atoms with Crippen LogP contribution >= 0.6 is 0 Å². The van der Waals surface area contributed by atoms with E-state index in [0.29, 0.717) is 29.1 Å². The van der Waals surface area contributed by atoms with Crippen molar-refractivity contribution < 1.29 is 9.72 Å². The van der Waals surface area contributed by atoms with Gasteiger partial charge in [-0.3, -0.25) is 19.9 Å². The summed E-state index contributed by atoms with van der Waals surface area (Å²) < 4.78 is 0. The highest BCUT2D eigenvalue weighted by Gasteiger charge is 2.36. The summed E-state index contributed by atoms with van der Waals surface area (Å²) in [5.74, 6) is -1.06. The summed E-state index contributed by atoms with van der Waals surface area (Å²) in [6.07, 6.45) is 0.303. The highest BCUT2D eigenvalue weighted by molar-refractivity contribution is 6.24. The van der Waals surface area contributed by atoms with Crippen LogP contribution in [0.5, 0.6) is 0 Å². The van der Waals surface area contributed by atoms with Crippen molar-refractivity contribution in [3.05, 3.63) is 99.6 Å². The Kier molecular flexibility index (Phi) is 5.06. The molecule has 3 aromatic carbocycles. The third-order valence-electron chi connectivity index (χ3n) is 4.89. The smallest absolute Gasteiger partial charge is 0.269 e. The van der Waals surface area contributed by atoms with E-state index < -0.39 is 10.8 Å². The Hall–Kier alpha value is -4.31. The minimum atomic E-state index is -0.777. The molecule has 1 aliphatic heterocycles. The molecule has 3 aromatic rings. The van der Waals surface area contributed by atoms with E-state index in [1.54, 1.807) is 18.2 Å². The van der Waals surface area contributed by atoms with Crippen LogP contribution in [0.15, 0.2) is 77.8 Å². The molecule has 0 aromatic heterocycles. The summed E-state index contributed by atoms with van der Waals surface area (Å²) in [6, 6.07) is 22.9. The quantitative estimate of drug-likeness (QED) is 0.388. The molecule has 0 aliphatic carbocycles. The highest BCUT2D eigenvalue weighted by Crippen LogP contribution is 2.38. The average molecular weight is 396 g/mol. The number of carbonyl (C=O) groups excluding carboxylic acids is 1. The number of amides is 1. The summed E-state index contributed by atoms with van der Waals surface area (Å²) in [5, 5.41) is 22.9. The number of hydrogen-bond acceptors (Lipinski definition) is 5. The van der Waals surface area contributed by atoms with Gasteiger partial charge in [-0.25, -0.2) is 0 Å². The van der Waals surface area contributed by atoms with Crippen LogP contribution in [-0.4, -0.2) is 16.5 Å². The van der Waals surface area contributed by atoms with Gasteiger partial charge in [-0.1, -0.05) is 42.5 Å². The minimum Gasteiger partial charge on any atom is -0.325 e.